The minimum absolute atomic E-state index is 0.0228. The molecule has 1 aromatic carbocycles. The van der Waals surface area contributed by atoms with Crippen molar-refractivity contribution in [1.82, 2.24) is 4.98 Å². The maximum absolute atomic E-state index is 13.1. The molecule has 2 rings (SSSR count). The van der Waals surface area contributed by atoms with Gasteiger partial charge in [0.25, 0.3) is 0 Å². The molecule has 18 heavy (non-hydrogen) atoms. The van der Waals surface area contributed by atoms with E-state index in [-0.39, 0.29) is 16.1 Å². The van der Waals surface area contributed by atoms with Gasteiger partial charge in [0, 0.05) is 12.6 Å². The summed E-state index contributed by atoms with van der Waals surface area (Å²) in [6, 6.07) is 3.16. The summed E-state index contributed by atoms with van der Waals surface area (Å²) in [5, 5.41) is 12.1. The lowest BCUT2D eigenvalue weighted by Gasteiger charge is -2.00. The Morgan fingerprint density at radius 2 is 2.11 bits per heavy atom. The number of hydrogen-bond acceptors (Lipinski definition) is 4. The monoisotopic (exact) mass is 270 g/mol. The van der Waals surface area contributed by atoms with E-state index in [1.807, 2.05) is 0 Å². The highest BCUT2D eigenvalue weighted by Gasteiger charge is 2.19. The maximum atomic E-state index is 13.1. The molecule has 0 fully saturated rings. The molecule has 0 atom stereocenters. The lowest BCUT2D eigenvalue weighted by molar-refractivity contribution is 0.0702. The minimum atomic E-state index is -1.16. The van der Waals surface area contributed by atoms with E-state index >= 15 is 0 Å². The van der Waals surface area contributed by atoms with Crippen LogP contribution >= 0.6 is 11.3 Å². The number of thiazole rings is 1. The molecule has 0 unspecified atom stereocenters. The normalized spacial score (nSPS) is 10.4. The van der Waals surface area contributed by atoms with E-state index in [0.717, 1.165) is 23.5 Å². The second-order valence-electron chi connectivity index (χ2n) is 3.38. The van der Waals surface area contributed by atoms with Gasteiger partial charge in [0.05, 0.1) is 5.69 Å². The molecule has 0 saturated carbocycles. The van der Waals surface area contributed by atoms with Crippen LogP contribution in [0, 0.1) is 11.6 Å². The van der Waals surface area contributed by atoms with Crippen molar-refractivity contribution in [2.45, 2.75) is 0 Å². The van der Waals surface area contributed by atoms with Crippen molar-refractivity contribution in [2.75, 3.05) is 12.4 Å². The Bertz CT molecular complexity index is 613. The highest BCUT2D eigenvalue weighted by atomic mass is 32.1. The minimum Gasteiger partial charge on any atom is -0.477 e. The van der Waals surface area contributed by atoms with E-state index < -0.39 is 17.6 Å². The first-order chi connectivity index (χ1) is 8.52. The van der Waals surface area contributed by atoms with Crippen molar-refractivity contribution >= 4 is 22.4 Å². The van der Waals surface area contributed by atoms with Gasteiger partial charge in [-0.2, -0.15) is 0 Å². The van der Waals surface area contributed by atoms with Gasteiger partial charge in [-0.3, -0.25) is 0 Å². The molecule has 0 saturated heterocycles. The molecule has 0 aliphatic heterocycles. The molecule has 0 radical (unpaired) electrons. The molecular weight excluding hydrogens is 262 g/mol. The Morgan fingerprint density at radius 1 is 1.39 bits per heavy atom. The summed E-state index contributed by atoms with van der Waals surface area (Å²) in [7, 11) is 1.60. The summed E-state index contributed by atoms with van der Waals surface area (Å²) in [5.41, 5.74) is 0.347. The summed E-state index contributed by atoms with van der Waals surface area (Å²) < 4.78 is 25.9. The number of hydrogen-bond donors (Lipinski definition) is 2. The third-order valence-electron chi connectivity index (χ3n) is 2.23. The molecule has 1 aromatic heterocycles. The van der Waals surface area contributed by atoms with Gasteiger partial charge < -0.3 is 10.4 Å². The Hall–Kier alpha value is -2.02. The zero-order chi connectivity index (χ0) is 13.3. The highest BCUT2D eigenvalue weighted by molar-refractivity contribution is 7.17. The van der Waals surface area contributed by atoms with Crippen molar-refractivity contribution in [2.24, 2.45) is 0 Å². The number of rotatable bonds is 3. The van der Waals surface area contributed by atoms with Crippen LogP contribution in [0.5, 0.6) is 0 Å². The van der Waals surface area contributed by atoms with E-state index in [9.17, 15) is 13.6 Å². The van der Waals surface area contributed by atoms with Crippen molar-refractivity contribution in [3.63, 3.8) is 0 Å². The lowest BCUT2D eigenvalue weighted by Crippen LogP contribution is -1.96. The standard InChI is InChI=1S/C11H8F2N2O2S/c1-14-11-15-8(9(18-11)10(16)17)5-2-3-6(12)7(13)4-5/h2-4H,1H3,(H,14,15)(H,16,17). The van der Waals surface area contributed by atoms with E-state index in [1.165, 1.54) is 6.07 Å². The highest BCUT2D eigenvalue weighted by Crippen LogP contribution is 2.31. The third kappa shape index (κ3) is 2.17. The number of carbonyl (C=O) groups is 1. The molecule has 7 heteroatoms. The summed E-state index contributed by atoms with van der Waals surface area (Å²) in [6.45, 7) is 0. The second kappa shape index (κ2) is 4.69. The summed E-state index contributed by atoms with van der Waals surface area (Å²) in [6.07, 6.45) is 0. The zero-order valence-electron chi connectivity index (χ0n) is 9.20. The van der Waals surface area contributed by atoms with Crippen LogP contribution in [0.15, 0.2) is 18.2 Å². The van der Waals surface area contributed by atoms with E-state index in [0.29, 0.717) is 5.13 Å². The Balaban J connectivity index is 2.58. The van der Waals surface area contributed by atoms with Gasteiger partial charge >= 0.3 is 5.97 Å². The van der Waals surface area contributed by atoms with Gasteiger partial charge in [0.1, 0.15) is 4.88 Å². The fraction of sp³-hybridized carbons (Fsp3) is 0.0909. The Kier molecular flexibility index (Phi) is 3.24. The molecule has 2 aromatic rings. The number of halogens is 2. The van der Waals surface area contributed by atoms with Gasteiger partial charge in [-0.25, -0.2) is 18.6 Å². The number of benzene rings is 1. The maximum Gasteiger partial charge on any atom is 0.348 e. The summed E-state index contributed by atoms with van der Waals surface area (Å²) in [4.78, 5) is 15.1. The van der Waals surface area contributed by atoms with E-state index in [4.69, 9.17) is 5.11 Å². The number of nitrogens with one attached hydrogen (secondary N) is 1. The van der Waals surface area contributed by atoms with Crippen LogP contribution in [0.1, 0.15) is 9.67 Å². The third-order valence-corrected chi connectivity index (χ3v) is 3.29. The number of aromatic nitrogens is 1. The second-order valence-corrected chi connectivity index (χ2v) is 4.38. The molecule has 2 N–H and O–H groups in total. The molecule has 0 bridgehead atoms. The number of nitrogens with zero attached hydrogens (tertiary/aromatic N) is 1. The first-order valence-electron chi connectivity index (χ1n) is 4.90. The van der Waals surface area contributed by atoms with Crippen LogP contribution in [0.25, 0.3) is 11.3 Å². The van der Waals surface area contributed by atoms with Crippen LogP contribution in [0.4, 0.5) is 13.9 Å². The lowest BCUT2D eigenvalue weighted by atomic mass is 10.1. The van der Waals surface area contributed by atoms with Crippen LogP contribution in [0.3, 0.4) is 0 Å². The van der Waals surface area contributed by atoms with Crippen LogP contribution < -0.4 is 5.32 Å². The first-order valence-corrected chi connectivity index (χ1v) is 5.72. The molecule has 0 amide bonds. The number of carboxylic acid groups (broad SMARTS) is 1. The Labute approximate surface area is 105 Å². The van der Waals surface area contributed by atoms with Crippen LogP contribution in [-0.4, -0.2) is 23.1 Å². The molecular formula is C11H8F2N2O2S. The van der Waals surface area contributed by atoms with Gasteiger partial charge in [-0.1, -0.05) is 11.3 Å². The molecule has 0 aliphatic carbocycles. The zero-order valence-corrected chi connectivity index (χ0v) is 10.0. The topological polar surface area (TPSA) is 62.2 Å². The summed E-state index contributed by atoms with van der Waals surface area (Å²) in [5.74, 6) is -3.18. The smallest absolute Gasteiger partial charge is 0.348 e. The van der Waals surface area contributed by atoms with Crippen molar-refractivity contribution in [3.8, 4) is 11.3 Å². The van der Waals surface area contributed by atoms with E-state index in [2.05, 4.69) is 10.3 Å². The SMILES string of the molecule is CNc1nc(-c2ccc(F)c(F)c2)c(C(=O)O)s1. The number of aromatic carboxylic acids is 1. The van der Waals surface area contributed by atoms with Gasteiger partial charge in [0.15, 0.2) is 16.8 Å². The molecule has 94 valence electrons. The summed E-state index contributed by atoms with van der Waals surface area (Å²) >= 11 is 0.935. The first kappa shape index (κ1) is 12.4. The molecule has 4 nitrogen and oxygen atoms in total. The van der Waals surface area contributed by atoms with Crippen molar-refractivity contribution < 1.29 is 18.7 Å². The van der Waals surface area contributed by atoms with Gasteiger partial charge in [0.2, 0.25) is 0 Å². The number of carboxylic acids is 1. The van der Waals surface area contributed by atoms with Crippen molar-refractivity contribution in [1.29, 1.82) is 0 Å². The molecule has 0 spiro atoms. The average Bonchev–Trinajstić information content (AvgIpc) is 2.77. The molecule has 1 heterocycles. The average molecular weight is 270 g/mol. The fourth-order valence-electron chi connectivity index (χ4n) is 1.41. The fourth-order valence-corrected chi connectivity index (χ4v) is 2.19. The molecule has 0 aliphatic rings. The number of anilines is 1. The quantitative estimate of drug-likeness (QED) is 0.900. The van der Waals surface area contributed by atoms with Crippen molar-refractivity contribution in [3.05, 3.63) is 34.7 Å². The van der Waals surface area contributed by atoms with Crippen LogP contribution in [0.2, 0.25) is 0 Å². The van der Waals surface area contributed by atoms with Crippen LogP contribution in [-0.2, 0) is 0 Å². The largest absolute Gasteiger partial charge is 0.477 e. The van der Waals surface area contributed by atoms with Gasteiger partial charge in [-0.05, 0) is 18.2 Å². The van der Waals surface area contributed by atoms with Gasteiger partial charge in [-0.15, -0.1) is 0 Å². The predicted octanol–water partition coefficient (Wildman–Crippen LogP) is 2.83. The van der Waals surface area contributed by atoms with E-state index in [1.54, 1.807) is 7.05 Å². The Morgan fingerprint density at radius 3 is 2.67 bits per heavy atom. The predicted molar refractivity (Wildman–Crippen MR) is 64.0 cm³/mol.